The van der Waals surface area contributed by atoms with Crippen LogP contribution in [-0.2, 0) is 30.3 Å². The van der Waals surface area contributed by atoms with Crippen molar-refractivity contribution in [2.24, 2.45) is 0 Å². The minimum Gasteiger partial charge on any atom is -0.380 e. The SMILES string of the molecule is CO[C@@H]1C[C@@H](C(=O)Nc2ccc(/C=C/c3ccc(NC(=O)[C@@H]4CCCN4C(=O)Cc4ccccc4)cc3)cc2)N(C(C)=O)C1. The lowest BCUT2D eigenvalue weighted by atomic mass is 10.1. The van der Waals surface area contributed by atoms with E-state index in [1.807, 2.05) is 91.0 Å². The Balaban J connectivity index is 1.12. The number of rotatable bonds is 9. The number of benzene rings is 3. The molecule has 2 fully saturated rings. The fourth-order valence-electron chi connectivity index (χ4n) is 5.77. The molecule has 3 aromatic carbocycles. The number of hydrogen-bond donors (Lipinski definition) is 2. The van der Waals surface area contributed by atoms with Crippen molar-refractivity contribution in [3.63, 3.8) is 0 Å². The zero-order valence-corrected chi connectivity index (χ0v) is 25.1. The van der Waals surface area contributed by atoms with Gasteiger partial charge in [-0.1, -0.05) is 66.7 Å². The Kier molecular flexibility index (Phi) is 9.86. The number of carbonyl (C=O) groups is 4. The van der Waals surface area contributed by atoms with Gasteiger partial charge in [-0.2, -0.15) is 0 Å². The van der Waals surface area contributed by atoms with Gasteiger partial charge in [0.15, 0.2) is 0 Å². The smallest absolute Gasteiger partial charge is 0.247 e. The van der Waals surface area contributed by atoms with Crippen molar-refractivity contribution in [2.45, 2.75) is 50.8 Å². The lowest BCUT2D eigenvalue weighted by Crippen LogP contribution is -2.43. The van der Waals surface area contributed by atoms with Crippen LogP contribution in [-0.4, -0.2) is 71.8 Å². The summed E-state index contributed by atoms with van der Waals surface area (Å²) in [6.45, 7) is 2.47. The molecule has 3 aromatic rings. The van der Waals surface area contributed by atoms with E-state index in [1.165, 1.54) is 6.92 Å². The Labute approximate surface area is 257 Å². The summed E-state index contributed by atoms with van der Waals surface area (Å²) in [6.07, 6.45) is 6.01. The largest absolute Gasteiger partial charge is 0.380 e. The molecule has 0 aliphatic carbocycles. The molecule has 5 rings (SSSR count). The topological polar surface area (TPSA) is 108 Å². The Bertz CT molecular complexity index is 1500. The lowest BCUT2D eigenvalue weighted by Gasteiger charge is -2.24. The number of nitrogens with one attached hydrogen (secondary N) is 2. The van der Waals surface area contributed by atoms with Gasteiger partial charge in [0.2, 0.25) is 23.6 Å². The number of nitrogens with zero attached hydrogens (tertiary/aromatic N) is 2. The fourth-order valence-corrected chi connectivity index (χ4v) is 5.77. The first kappa shape index (κ1) is 30.7. The molecule has 44 heavy (non-hydrogen) atoms. The molecule has 0 radical (unpaired) electrons. The van der Waals surface area contributed by atoms with Crippen LogP contribution in [0.2, 0.25) is 0 Å². The summed E-state index contributed by atoms with van der Waals surface area (Å²) < 4.78 is 5.36. The van der Waals surface area contributed by atoms with Crippen LogP contribution in [0.3, 0.4) is 0 Å². The van der Waals surface area contributed by atoms with E-state index < -0.39 is 12.1 Å². The number of likely N-dealkylation sites (tertiary alicyclic amines) is 2. The number of anilines is 2. The molecular weight excluding hydrogens is 556 g/mol. The summed E-state index contributed by atoms with van der Waals surface area (Å²) >= 11 is 0. The van der Waals surface area contributed by atoms with Crippen LogP contribution in [0.15, 0.2) is 78.9 Å². The lowest BCUT2D eigenvalue weighted by molar-refractivity contribution is -0.136. The molecule has 2 saturated heterocycles. The molecule has 0 unspecified atom stereocenters. The number of carbonyl (C=O) groups excluding carboxylic acids is 4. The summed E-state index contributed by atoms with van der Waals surface area (Å²) in [7, 11) is 1.59. The van der Waals surface area contributed by atoms with Gasteiger partial charge in [0.05, 0.1) is 12.5 Å². The minimum absolute atomic E-state index is 0.0293. The van der Waals surface area contributed by atoms with E-state index in [2.05, 4.69) is 10.6 Å². The predicted molar refractivity (Wildman–Crippen MR) is 171 cm³/mol. The molecule has 2 aliphatic rings. The molecule has 9 nitrogen and oxygen atoms in total. The van der Waals surface area contributed by atoms with Gasteiger partial charge in [-0.05, 0) is 53.8 Å². The number of methoxy groups -OCH3 is 1. The van der Waals surface area contributed by atoms with Gasteiger partial charge in [-0.15, -0.1) is 0 Å². The summed E-state index contributed by atoms with van der Waals surface area (Å²) in [5, 5.41) is 5.88. The number of ether oxygens (including phenoxy) is 1. The maximum Gasteiger partial charge on any atom is 0.247 e. The highest BCUT2D eigenvalue weighted by molar-refractivity contribution is 5.98. The van der Waals surface area contributed by atoms with Crippen molar-refractivity contribution in [3.05, 3.63) is 95.6 Å². The highest BCUT2D eigenvalue weighted by atomic mass is 16.5. The van der Waals surface area contributed by atoms with E-state index in [4.69, 9.17) is 4.74 Å². The molecule has 0 bridgehead atoms. The monoisotopic (exact) mass is 594 g/mol. The third-order valence-electron chi connectivity index (χ3n) is 8.20. The van der Waals surface area contributed by atoms with E-state index in [-0.39, 0.29) is 29.7 Å². The minimum atomic E-state index is -0.552. The van der Waals surface area contributed by atoms with Crippen molar-refractivity contribution in [1.82, 2.24) is 9.80 Å². The van der Waals surface area contributed by atoms with Crippen LogP contribution in [0.1, 0.15) is 42.9 Å². The molecule has 2 aliphatic heterocycles. The van der Waals surface area contributed by atoms with Crippen molar-refractivity contribution in [3.8, 4) is 0 Å². The second kappa shape index (κ2) is 14.1. The van der Waals surface area contributed by atoms with Gasteiger partial charge in [0.25, 0.3) is 0 Å². The Morgan fingerprint density at radius 2 is 1.36 bits per heavy atom. The zero-order chi connectivity index (χ0) is 31.1. The third kappa shape index (κ3) is 7.60. The van der Waals surface area contributed by atoms with Gasteiger partial charge in [-0.25, -0.2) is 0 Å². The zero-order valence-electron chi connectivity index (χ0n) is 25.1. The van der Waals surface area contributed by atoms with E-state index in [0.717, 1.165) is 23.1 Å². The van der Waals surface area contributed by atoms with E-state index in [0.29, 0.717) is 43.7 Å². The Morgan fingerprint density at radius 1 is 0.795 bits per heavy atom. The van der Waals surface area contributed by atoms with Gasteiger partial charge < -0.3 is 25.2 Å². The molecule has 3 atom stereocenters. The van der Waals surface area contributed by atoms with Gasteiger partial charge in [0, 0.05) is 44.9 Å². The first-order valence-electron chi connectivity index (χ1n) is 14.9. The fraction of sp³-hybridized carbons (Fsp3) is 0.314. The van der Waals surface area contributed by atoms with E-state index in [9.17, 15) is 19.2 Å². The predicted octanol–water partition coefficient (Wildman–Crippen LogP) is 4.60. The Hall–Kier alpha value is -4.76. The summed E-state index contributed by atoms with van der Waals surface area (Å²) in [6, 6.07) is 23.6. The average molecular weight is 595 g/mol. The Morgan fingerprint density at radius 3 is 1.91 bits per heavy atom. The quantitative estimate of drug-likeness (QED) is 0.352. The number of amides is 4. The van der Waals surface area contributed by atoms with Crippen LogP contribution >= 0.6 is 0 Å². The molecule has 0 spiro atoms. The number of hydrogen-bond acceptors (Lipinski definition) is 5. The maximum atomic E-state index is 13.1. The molecule has 9 heteroatoms. The van der Waals surface area contributed by atoms with Crippen LogP contribution in [0.5, 0.6) is 0 Å². The van der Waals surface area contributed by atoms with Crippen molar-refractivity contribution in [2.75, 3.05) is 30.8 Å². The second-order valence-electron chi connectivity index (χ2n) is 11.2. The molecule has 228 valence electrons. The van der Waals surface area contributed by atoms with Crippen LogP contribution in [0.4, 0.5) is 11.4 Å². The standard InChI is InChI=1S/C35H38N4O5/c1-24(40)39-23-30(44-2)22-32(39)35(43)37-29-18-14-26(15-19-29)11-10-25-12-16-28(17-13-25)36-34(42)31-9-6-20-38(31)33(41)21-27-7-4-3-5-8-27/h3-5,7-8,10-19,30-32H,6,9,20-23H2,1-2H3,(H,36,42)(H,37,43)/b11-10+/t30-,31+,32+/m1/s1. The molecular formula is C35H38N4O5. The van der Waals surface area contributed by atoms with Crippen LogP contribution < -0.4 is 10.6 Å². The molecule has 4 amide bonds. The first-order valence-corrected chi connectivity index (χ1v) is 14.9. The molecule has 2 heterocycles. The van der Waals surface area contributed by atoms with Crippen molar-refractivity contribution in [1.29, 1.82) is 0 Å². The van der Waals surface area contributed by atoms with E-state index >= 15 is 0 Å². The highest BCUT2D eigenvalue weighted by Gasteiger charge is 2.38. The summed E-state index contributed by atoms with van der Waals surface area (Å²) in [4.78, 5) is 54.0. The van der Waals surface area contributed by atoms with Crippen molar-refractivity contribution < 1.29 is 23.9 Å². The highest BCUT2D eigenvalue weighted by Crippen LogP contribution is 2.23. The van der Waals surface area contributed by atoms with E-state index in [1.54, 1.807) is 16.9 Å². The maximum absolute atomic E-state index is 13.1. The van der Waals surface area contributed by atoms with Crippen LogP contribution in [0.25, 0.3) is 12.2 Å². The third-order valence-corrected chi connectivity index (χ3v) is 8.20. The summed E-state index contributed by atoms with van der Waals surface area (Å²) in [5.41, 5.74) is 4.18. The normalized spacial score (nSPS) is 19.7. The first-order chi connectivity index (χ1) is 21.3. The van der Waals surface area contributed by atoms with Gasteiger partial charge in [-0.3, -0.25) is 19.2 Å². The molecule has 2 N–H and O–H groups in total. The molecule has 0 aromatic heterocycles. The second-order valence-corrected chi connectivity index (χ2v) is 11.2. The summed E-state index contributed by atoms with van der Waals surface area (Å²) in [5.74, 6) is -0.569. The average Bonchev–Trinajstić information content (AvgIpc) is 3.71. The van der Waals surface area contributed by atoms with Crippen LogP contribution in [0, 0.1) is 0 Å². The van der Waals surface area contributed by atoms with Gasteiger partial charge in [0.1, 0.15) is 12.1 Å². The molecule has 0 saturated carbocycles. The van der Waals surface area contributed by atoms with Crippen molar-refractivity contribution >= 4 is 47.2 Å². The van der Waals surface area contributed by atoms with Gasteiger partial charge >= 0.3 is 0 Å².